The molecule has 0 radical (unpaired) electrons. The van der Waals surface area contributed by atoms with Crippen LogP contribution in [0.25, 0.3) is 0 Å². The second-order valence-corrected chi connectivity index (χ2v) is 6.39. The Bertz CT molecular complexity index is 191. The molecule has 1 fully saturated rings. The molecular formula is C13H29N3S. The van der Waals surface area contributed by atoms with Crippen molar-refractivity contribution in [3.05, 3.63) is 0 Å². The van der Waals surface area contributed by atoms with E-state index in [0.717, 1.165) is 12.5 Å². The first-order valence-corrected chi connectivity index (χ1v) is 8.22. The van der Waals surface area contributed by atoms with Gasteiger partial charge in [0.15, 0.2) is 0 Å². The molecule has 1 heterocycles. The number of nitrogens with two attached hydrogens (primary N) is 1. The van der Waals surface area contributed by atoms with Crippen LogP contribution in [0.4, 0.5) is 0 Å². The van der Waals surface area contributed by atoms with Crippen molar-refractivity contribution in [2.75, 3.05) is 51.3 Å². The summed E-state index contributed by atoms with van der Waals surface area (Å²) in [5, 5.41) is 0. The van der Waals surface area contributed by atoms with Gasteiger partial charge in [-0.3, -0.25) is 4.90 Å². The molecule has 0 bridgehead atoms. The second-order valence-electron chi connectivity index (χ2n) is 5.40. The molecule has 17 heavy (non-hydrogen) atoms. The van der Waals surface area contributed by atoms with Crippen LogP contribution in [0, 0.1) is 5.92 Å². The second kappa shape index (κ2) is 8.35. The molecule has 0 aromatic heterocycles. The van der Waals surface area contributed by atoms with Crippen molar-refractivity contribution in [1.82, 2.24) is 9.80 Å². The van der Waals surface area contributed by atoms with Crippen molar-refractivity contribution in [3.63, 3.8) is 0 Å². The van der Waals surface area contributed by atoms with E-state index in [9.17, 15) is 0 Å². The molecule has 0 aromatic rings. The Hall–Kier alpha value is 0.230. The molecule has 4 heteroatoms. The van der Waals surface area contributed by atoms with Crippen LogP contribution in [0.2, 0.25) is 0 Å². The van der Waals surface area contributed by atoms with E-state index >= 15 is 0 Å². The van der Waals surface area contributed by atoms with Crippen molar-refractivity contribution < 1.29 is 0 Å². The van der Waals surface area contributed by atoms with Crippen molar-refractivity contribution >= 4 is 11.8 Å². The van der Waals surface area contributed by atoms with Gasteiger partial charge in [0.05, 0.1) is 0 Å². The Kier molecular flexibility index (Phi) is 7.51. The Labute approximate surface area is 111 Å². The van der Waals surface area contributed by atoms with E-state index in [1.54, 1.807) is 0 Å². The van der Waals surface area contributed by atoms with E-state index in [-0.39, 0.29) is 0 Å². The highest BCUT2D eigenvalue weighted by molar-refractivity contribution is 7.98. The summed E-state index contributed by atoms with van der Waals surface area (Å²) in [4.78, 5) is 5.18. The fourth-order valence-electron chi connectivity index (χ4n) is 2.53. The third kappa shape index (κ3) is 5.60. The molecule has 1 aliphatic heterocycles. The molecule has 1 aliphatic rings. The summed E-state index contributed by atoms with van der Waals surface area (Å²) >= 11 is 1.93. The Morgan fingerprint density at radius 3 is 2.29 bits per heavy atom. The van der Waals surface area contributed by atoms with Crippen LogP contribution in [0.5, 0.6) is 0 Å². The molecule has 1 unspecified atom stereocenters. The quantitative estimate of drug-likeness (QED) is 0.748. The first-order valence-electron chi connectivity index (χ1n) is 6.82. The van der Waals surface area contributed by atoms with Gasteiger partial charge in [-0.15, -0.1) is 0 Å². The highest BCUT2D eigenvalue weighted by Crippen LogP contribution is 2.12. The average Bonchev–Trinajstić information content (AvgIpc) is 2.31. The minimum atomic E-state index is 0.601. The van der Waals surface area contributed by atoms with E-state index in [0.29, 0.717) is 6.04 Å². The van der Waals surface area contributed by atoms with Gasteiger partial charge < -0.3 is 10.6 Å². The van der Waals surface area contributed by atoms with Gasteiger partial charge in [-0.2, -0.15) is 11.8 Å². The largest absolute Gasteiger partial charge is 0.329 e. The standard InChI is InChI=1S/C13H29N3S/c1-12(2)11-15-5-7-16(8-6-15)13(10-14)4-9-17-3/h12-13H,4-11,14H2,1-3H3. The molecule has 0 spiro atoms. The summed E-state index contributed by atoms with van der Waals surface area (Å²) in [6, 6.07) is 0.601. The van der Waals surface area contributed by atoms with Crippen LogP contribution in [0.1, 0.15) is 20.3 Å². The van der Waals surface area contributed by atoms with Gasteiger partial charge in [0.2, 0.25) is 0 Å². The smallest absolute Gasteiger partial charge is 0.0227 e. The lowest BCUT2D eigenvalue weighted by molar-refractivity contribution is 0.0902. The van der Waals surface area contributed by atoms with E-state index < -0.39 is 0 Å². The Balaban J connectivity index is 2.28. The molecule has 102 valence electrons. The molecule has 0 saturated carbocycles. The molecule has 0 aliphatic carbocycles. The number of piperazine rings is 1. The van der Waals surface area contributed by atoms with Gasteiger partial charge in [-0.05, 0) is 24.3 Å². The maximum atomic E-state index is 5.90. The Morgan fingerprint density at radius 1 is 1.18 bits per heavy atom. The third-order valence-electron chi connectivity index (χ3n) is 3.47. The summed E-state index contributed by atoms with van der Waals surface area (Å²) < 4.78 is 0. The topological polar surface area (TPSA) is 32.5 Å². The molecular weight excluding hydrogens is 230 g/mol. The molecule has 3 nitrogen and oxygen atoms in total. The molecule has 1 atom stereocenters. The van der Waals surface area contributed by atoms with E-state index in [4.69, 9.17) is 5.73 Å². The zero-order valence-corrected chi connectivity index (χ0v) is 12.5. The fourth-order valence-corrected chi connectivity index (χ4v) is 3.04. The minimum Gasteiger partial charge on any atom is -0.329 e. The lowest BCUT2D eigenvalue weighted by Crippen LogP contribution is -2.53. The van der Waals surface area contributed by atoms with E-state index in [1.165, 1.54) is 44.9 Å². The summed E-state index contributed by atoms with van der Waals surface area (Å²) in [6.07, 6.45) is 3.41. The number of rotatable bonds is 7. The van der Waals surface area contributed by atoms with E-state index in [2.05, 4.69) is 29.9 Å². The molecule has 1 saturated heterocycles. The molecule has 2 N–H and O–H groups in total. The predicted molar refractivity (Wildman–Crippen MR) is 78.7 cm³/mol. The Morgan fingerprint density at radius 2 is 1.82 bits per heavy atom. The number of hydrogen-bond donors (Lipinski definition) is 1. The highest BCUT2D eigenvalue weighted by atomic mass is 32.2. The van der Waals surface area contributed by atoms with Gasteiger partial charge in [0.1, 0.15) is 0 Å². The van der Waals surface area contributed by atoms with E-state index in [1.807, 2.05) is 11.8 Å². The number of nitrogens with zero attached hydrogens (tertiary/aromatic N) is 2. The first kappa shape index (κ1) is 15.3. The van der Waals surface area contributed by atoms with Gasteiger partial charge in [-0.25, -0.2) is 0 Å². The fraction of sp³-hybridized carbons (Fsp3) is 1.00. The first-order chi connectivity index (χ1) is 8.17. The lowest BCUT2D eigenvalue weighted by Gasteiger charge is -2.39. The van der Waals surface area contributed by atoms with Crippen molar-refractivity contribution in [3.8, 4) is 0 Å². The highest BCUT2D eigenvalue weighted by Gasteiger charge is 2.22. The van der Waals surface area contributed by atoms with Crippen LogP contribution in [-0.2, 0) is 0 Å². The maximum absolute atomic E-state index is 5.90. The van der Waals surface area contributed by atoms with Crippen LogP contribution < -0.4 is 5.73 Å². The van der Waals surface area contributed by atoms with Crippen LogP contribution in [0.3, 0.4) is 0 Å². The van der Waals surface area contributed by atoms with Gasteiger partial charge in [0.25, 0.3) is 0 Å². The number of hydrogen-bond acceptors (Lipinski definition) is 4. The SMILES string of the molecule is CSCCC(CN)N1CCN(CC(C)C)CC1. The van der Waals surface area contributed by atoms with Crippen molar-refractivity contribution in [2.24, 2.45) is 11.7 Å². The molecule has 0 amide bonds. The zero-order chi connectivity index (χ0) is 12.7. The monoisotopic (exact) mass is 259 g/mol. The summed E-state index contributed by atoms with van der Waals surface area (Å²) in [6.45, 7) is 11.5. The minimum absolute atomic E-state index is 0.601. The van der Waals surface area contributed by atoms with Gasteiger partial charge >= 0.3 is 0 Å². The molecule has 0 aromatic carbocycles. The van der Waals surface area contributed by atoms with Crippen molar-refractivity contribution in [2.45, 2.75) is 26.3 Å². The molecule has 1 rings (SSSR count). The summed E-state index contributed by atoms with van der Waals surface area (Å²) in [5.41, 5.74) is 5.90. The van der Waals surface area contributed by atoms with Crippen LogP contribution in [-0.4, -0.2) is 67.1 Å². The lowest BCUT2D eigenvalue weighted by atomic mass is 10.1. The number of thioether (sulfide) groups is 1. The maximum Gasteiger partial charge on any atom is 0.0227 e. The van der Waals surface area contributed by atoms with Crippen molar-refractivity contribution in [1.29, 1.82) is 0 Å². The third-order valence-corrected chi connectivity index (χ3v) is 4.12. The van der Waals surface area contributed by atoms with Crippen LogP contribution in [0.15, 0.2) is 0 Å². The van der Waals surface area contributed by atoms with Gasteiger partial charge in [-0.1, -0.05) is 13.8 Å². The predicted octanol–water partition coefficient (Wildman–Crippen LogP) is 1.34. The normalized spacial score (nSPS) is 21.0. The van der Waals surface area contributed by atoms with Crippen LogP contribution >= 0.6 is 11.8 Å². The summed E-state index contributed by atoms with van der Waals surface area (Å²) in [7, 11) is 0. The zero-order valence-electron chi connectivity index (χ0n) is 11.7. The van der Waals surface area contributed by atoms with Gasteiger partial charge in [0, 0.05) is 45.3 Å². The average molecular weight is 259 g/mol. The summed E-state index contributed by atoms with van der Waals surface area (Å²) in [5.74, 6) is 2.01.